The van der Waals surface area contributed by atoms with E-state index in [9.17, 15) is 14.7 Å². The van der Waals surface area contributed by atoms with Gasteiger partial charge in [-0.1, -0.05) is 28.1 Å². The third kappa shape index (κ3) is 6.14. The number of ether oxygens (including phenoxy) is 1. The van der Waals surface area contributed by atoms with Gasteiger partial charge in [0.25, 0.3) is 0 Å². The second-order valence-corrected chi connectivity index (χ2v) is 10.5. The Hall–Kier alpha value is -0.850. The van der Waals surface area contributed by atoms with E-state index in [1.54, 1.807) is 6.08 Å². The Morgan fingerprint density at radius 1 is 1.29 bits per heavy atom. The van der Waals surface area contributed by atoms with E-state index in [1.807, 2.05) is 30.3 Å². The molecule has 0 aliphatic carbocycles. The minimum Gasteiger partial charge on any atom is -0.491 e. The van der Waals surface area contributed by atoms with E-state index in [0.717, 1.165) is 40.5 Å². The highest BCUT2D eigenvalue weighted by Gasteiger charge is 2.35. The lowest BCUT2D eigenvalue weighted by atomic mass is 9.93. The van der Waals surface area contributed by atoms with Gasteiger partial charge in [-0.15, -0.1) is 11.6 Å². The minimum atomic E-state index is -1.01. The maximum atomic E-state index is 13.0. The molecule has 1 heterocycles. The molecule has 0 radical (unpaired) electrons. The zero-order valence-electron chi connectivity index (χ0n) is 16.3. The number of carbonyl (C=O) groups excluding carboxylic acids is 1. The average Bonchev–Trinajstić information content (AvgIpc) is 2.74. The Kier molecular flexibility index (Phi) is 9.06. The van der Waals surface area contributed by atoms with Crippen LogP contribution in [0.15, 0.2) is 40.9 Å². The van der Waals surface area contributed by atoms with Crippen LogP contribution in [0.3, 0.4) is 0 Å². The molecular weight excluding hydrogens is 711 g/mol. The number of carboxylic acids is 1. The van der Waals surface area contributed by atoms with Crippen molar-refractivity contribution in [1.29, 1.82) is 0 Å². The number of halogens is 4. The summed E-state index contributed by atoms with van der Waals surface area (Å²) in [5.74, 6) is -0.0641. The maximum absolute atomic E-state index is 13.0. The SMILES string of the molecule is O=C(O)[C@@H]1Cc2cc(I)c(OCCCCl)c(I)c2CN1C(=O)/C=C/c1ccc(Br)cc1. The molecule has 2 aromatic carbocycles. The predicted molar refractivity (Wildman–Crippen MR) is 142 cm³/mol. The molecule has 1 amide bonds. The van der Waals surface area contributed by atoms with Gasteiger partial charge < -0.3 is 14.7 Å². The first-order valence-corrected chi connectivity index (χ1v) is 13.0. The van der Waals surface area contributed by atoms with Crippen molar-refractivity contribution in [3.05, 3.63) is 64.7 Å². The van der Waals surface area contributed by atoms with E-state index in [4.69, 9.17) is 16.3 Å². The molecule has 3 rings (SSSR count). The van der Waals surface area contributed by atoms with Gasteiger partial charge >= 0.3 is 5.97 Å². The van der Waals surface area contributed by atoms with Crippen molar-refractivity contribution >= 4 is 90.7 Å². The average molecular weight is 731 g/mol. The molecule has 1 aliphatic rings. The number of nitrogens with zero attached hydrogens (tertiary/aromatic N) is 1. The summed E-state index contributed by atoms with van der Waals surface area (Å²) < 4.78 is 8.70. The summed E-state index contributed by atoms with van der Waals surface area (Å²) in [5.41, 5.74) is 2.73. The fourth-order valence-corrected chi connectivity index (χ4v) is 5.94. The molecule has 1 N–H and O–H groups in total. The van der Waals surface area contributed by atoms with Crippen LogP contribution in [0.4, 0.5) is 0 Å². The molecule has 0 aromatic heterocycles. The summed E-state index contributed by atoms with van der Waals surface area (Å²) in [6.45, 7) is 0.724. The van der Waals surface area contributed by atoms with Crippen LogP contribution in [-0.4, -0.2) is 40.4 Å². The second kappa shape index (κ2) is 11.3. The van der Waals surface area contributed by atoms with Gasteiger partial charge in [-0.2, -0.15) is 0 Å². The molecule has 5 nitrogen and oxygen atoms in total. The molecule has 0 saturated heterocycles. The van der Waals surface area contributed by atoms with Crippen molar-refractivity contribution in [1.82, 2.24) is 4.90 Å². The Morgan fingerprint density at radius 2 is 2.00 bits per heavy atom. The molecule has 9 heteroatoms. The number of alkyl halides is 1. The van der Waals surface area contributed by atoms with Crippen molar-refractivity contribution in [2.75, 3.05) is 12.5 Å². The summed E-state index contributed by atoms with van der Waals surface area (Å²) in [4.78, 5) is 26.3. The topological polar surface area (TPSA) is 66.8 Å². The lowest BCUT2D eigenvalue weighted by molar-refractivity contribution is -0.149. The maximum Gasteiger partial charge on any atom is 0.326 e. The summed E-state index contributed by atoms with van der Waals surface area (Å²) in [6.07, 6.45) is 4.12. The monoisotopic (exact) mass is 729 g/mol. The number of hydrogen-bond donors (Lipinski definition) is 1. The lowest BCUT2D eigenvalue weighted by Crippen LogP contribution is -2.48. The van der Waals surface area contributed by atoms with E-state index < -0.39 is 12.0 Å². The van der Waals surface area contributed by atoms with Gasteiger partial charge in [-0.05, 0) is 92.6 Å². The summed E-state index contributed by atoms with van der Waals surface area (Å²) >= 11 is 13.6. The van der Waals surface area contributed by atoms with Crippen LogP contribution < -0.4 is 4.74 Å². The molecular formula is C22H19BrClI2NO4. The Morgan fingerprint density at radius 3 is 2.65 bits per heavy atom. The lowest BCUT2D eigenvalue weighted by Gasteiger charge is -2.35. The number of benzene rings is 2. The molecule has 1 atom stereocenters. The standard InChI is InChI=1S/C22H19BrClI2NO4/c23-15-5-2-13(3-6-15)4-7-19(28)27-12-16-14(11-18(27)22(29)30)10-17(25)21(20(16)26)31-9-1-8-24/h2-7,10,18H,1,8-9,11-12H2,(H,29,30)/b7-4+/t18-/m0/s1. The zero-order chi connectivity index (χ0) is 22.5. The number of carbonyl (C=O) groups is 2. The number of rotatable bonds is 7. The predicted octanol–water partition coefficient (Wildman–Crippen LogP) is 5.72. The van der Waals surface area contributed by atoms with Crippen molar-refractivity contribution in [3.63, 3.8) is 0 Å². The molecule has 0 fully saturated rings. The van der Waals surface area contributed by atoms with Gasteiger partial charge in [0.2, 0.25) is 5.91 Å². The van der Waals surface area contributed by atoms with E-state index in [-0.39, 0.29) is 18.9 Å². The number of amides is 1. The van der Waals surface area contributed by atoms with Crippen molar-refractivity contribution in [2.45, 2.75) is 25.4 Å². The van der Waals surface area contributed by atoms with Gasteiger partial charge in [0.1, 0.15) is 11.8 Å². The number of hydrogen-bond acceptors (Lipinski definition) is 3. The smallest absolute Gasteiger partial charge is 0.326 e. The summed E-state index contributed by atoms with van der Waals surface area (Å²) in [6, 6.07) is 8.58. The zero-order valence-corrected chi connectivity index (χ0v) is 22.9. The highest BCUT2D eigenvalue weighted by atomic mass is 127. The molecule has 31 heavy (non-hydrogen) atoms. The van der Waals surface area contributed by atoms with Crippen LogP contribution in [0.2, 0.25) is 0 Å². The second-order valence-electron chi connectivity index (χ2n) is 6.94. The van der Waals surface area contributed by atoms with Crippen LogP contribution in [0, 0.1) is 7.14 Å². The number of carboxylic acid groups (broad SMARTS) is 1. The van der Waals surface area contributed by atoms with Gasteiger partial charge in [-0.3, -0.25) is 4.79 Å². The highest BCUT2D eigenvalue weighted by Crippen LogP contribution is 2.37. The van der Waals surface area contributed by atoms with Crippen LogP contribution in [0.5, 0.6) is 5.75 Å². The van der Waals surface area contributed by atoms with E-state index in [0.29, 0.717) is 12.5 Å². The van der Waals surface area contributed by atoms with Crippen molar-refractivity contribution in [2.24, 2.45) is 0 Å². The molecule has 2 aromatic rings. The molecule has 1 aliphatic heterocycles. The quantitative estimate of drug-likeness (QED) is 0.172. The molecule has 164 valence electrons. The fraction of sp³-hybridized carbons (Fsp3) is 0.273. The first-order chi connectivity index (χ1) is 14.8. The van der Waals surface area contributed by atoms with Gasteiger partial charge in [0.15, 0.2) is 0 Å². The third-order valence-corrected chi connectivity index (χ3v) is 7.61. The van der Waals surface area contributed by atoms with Gasteiger partial charge in [-0.25, -0.2) is 4.79 Å². The Labute approximate surface area is 221 Å². The normalized spacial score (nSPS) is 15.7. The largest absolute Gasteiger partial charge is 0.491 e. The fourth-order valence-electron chi connectivity index (χ4n) is 3.29. The van der Waals surface area contributed by atoms with Crippen LogP contribution >= 0.6 is 72.7 Å². The van der Waals surface area contributed by atoms with Crippen LogP contribution in [-0.2, 0) is 22.6 Å². The molecule has 0 unspecified atom stereocenters. The van der Waals surface area contributed by atoms with Crippen LogP contribution in [0.1, 0.15) is 23.1 Å². The van der Waals surface area contributed by atoms with Crippen molar-refractivity contribution < 1.29 is 19.4 Å². The van der Waals surface area contributed by atoms with E-state index >= 15 is 0 Å². The first kappa shape index (κ1) is 24.8. The van der Waals surface area contributed by atoms with E-state index in [1.165, 1.54) is 11.0 Å². The van der Waals surface area contributed by atoms with Gasteiger partial charge in [0.05, 0.1) is 13.7 Å². The first-order valence-electron chi connectivity index (χ1n) is 9.47. The molecule has 0 spiro atoms. The highest BCUT2D eigenvalue weighted by molar-refractivity contribution is 14.1. The number of fused-ring (bicyclic) bond motifs is 1. The van der Waals surface area contributed by atoms with Crippen molar-refractivity contribution in [3.8, 4) is 5.75 Å². The van der Waals surface area contributed by atoms with E-state index in [2.05, 4.69) is 61.1 Å². The Balaban J connectivity index is 1.88. The molecule has 0 saturated carbocycles. The Bertz CT molecular complexity index is 1010. The molecule has 0 bridgehead atoms. The summed E-state index contributed by atoms with van der Waals surface area (Å²) in [7, 11) is 0. The minimum absolute atomic E-state index is 0.219. The van der Waals surface area contributed by atoms with Gasteiger partial charge in [0, 0.05) is 29.4 Å². The number of aliphatic carboxylic acids is 1. The summed E-state index contributed by atoms with van der Waals surface area (Å²) in [5, 5.41) is 9.77. The third-order valence-electron chi connectivity index (χ3n) is 4.87. The van der Waals surface area contributed by atoms with Crippen LogP contribution in [0.25, 0.3) is 6.08 Å².